The maximum Gasteiger partial charge on any atom is 0.251 e. The summed E-state index contributed by atoms with van der Waals surface area (Å²) >= 11 is 7.75. The highest BCUT2D eigenvalue weighted by Gasteiger charge is 2.17. The van der Waals surface area contributed by atoms with Crippen LogP contribution in [-0.2, 0) is 13.2 Å². The Morgan fingerprint density at radius 3 is 3.00 bits per heavy atom. The predicted molar refractivity (Wildman–Crippen MR) is 107 cm³/mol. The molecule has 2 aromatic carbocycles. The molecule has 0 bridgehead atoms. The zero-order chi connectivity index (χ0) is 19.3. The van der Waals surface area contributed by atoms with Crippen LogP contribution >= 0.6 is 22.9 Å². The first kappa shape index (κ1) is 18.6. The molecule has 4 rings (SSSR count). The molecule has 144 valence electrons. The second-order valence-electron chi connectivity index (χ2n) is 6.08. The lowest BCUT2D eigenvalue weighted by Crippen LogP contribution is -2.23. The third kappa shape index (κ3) is 4.37. The minimum Gasteiger partial charge on any atom is -0.487 e. The summed E-state index contributed by atoms with van der Waals surface area (Å²) in [5, 5.41) is 5.28. The van der Waals surface area contributed by atoms with Crippen molar-refractivity contribution in [2.45, 2.75) is 13.2 Å². The highest BCUT2D eigenvalue weighted by Crippen LogP contribution is 2.38. The molecule has 1 aromatic heterocycles. The van der Waals surface area contributed by atoms with E-state index in [1.54, 1.807) is 29.8 Å². The van der Waals surface area contributed by atoms with E-state index in [9.17, 15) is 4.79 Å². The number of amides is 1. The summed E-state index contributed by atoms with van der Waals surface area (Å²) in [5.74, 6) is 1.56. The van der Waals surface area contributed by atoms with Gasteiger partial charge in [-0.25, -0.2) is 4.98 Å². The lowest BCUT2D eigenvalue weighted by molar-refractivity contribution is 0.0950. The summed E-state index contributed by atoms with van der Waals surface area (Å²) in [6, 6.07) is 10.6. The van der Waals surface area contributed by atoms with Crippen LogP contribution in [0.4, 0.5) is 0 Å². The van der Waals surface area contributed by atoms with E-state index >= 15 is 0 Å². The SMILES string of the molecule is O=C(NCc1cc(Cl)c2c(c1)OCCO2)c1cccc(OCc2cscn2)c1. The molecule has 0 saturated heterocycles. The fourth-order valence-corrected chi connectivity index (χ4v) is 3.57. The maximum atomic E-state index is 12.5. The summed E-state index contributed by atoms with van der Waals surface area (Å²) in [5.41, 5.74) is 3.96. The van der Waals surface area contributed by atoms with Crippen molar-refractivity contribution in [3.63, 3.8) is 0 Å². The number of carbonyl (C=O) groups is 1. The third-order valence-electron chi connectivity index (χ3n) is 4.08. The Morgan fingerprint density at radius 2 is 2.14 bits per heavy atom. The predicted octanol–water partition coefficient (Wildman–Crippen LogP) is 4.08. The number of aromatic nitrogens is 1. The molecular formula is C20H17ClN2O4S. The van der Waals surface area contributed by atoms with Gasteiger partial charge in [0, 0.05) is 17.5 Å². The van der Waals surface area contributed by atoms with Crippen LogP contribution in [0.25, 0.3) is 0 Å². The van der Waals surface area contributed by atoms with Crippen molar-refractivity contribution in [1.29, 1.82) is 0 Å². The van der Waals surface area contributed by atoms with Crippen molar-refractivity contribution >= 4 is 28.8 Å². The summed E-state index contributed by atoms with van der Waals surface area (Å²) in [4.78, 5) is 16.7. The Bertz CT molecular complexity index is 978. The molecule has 1 N–H and O–H groups in total. The molecule has 6 nitrogen and oxygen atoms in total. The molecule has 0 atom stereocenters. The molecule has 3 aromatic rings. The molecule has 8 heteroatoms. The van der Waals surface area contributed by atoms with E-state index in [2.05, 4.69) is 10.3 Å². The van der Waals surface area contributed by atoms with Gasteiger partial charge in [-0.3, -0.25) is 4.79 Å². The Hall–Kier alpha value is -2.77. The van der Waals surface area contributed by atoms with Gasteiger partial charge in [-0.15, -0.1) is 11.3 Å². The Morgan fingerprint density at radius 1 is 1.25 bits per heavy atom. The standard InChI is InChI=1S/C20H17ClN2O4S/c21-17-6-13(7-18-19(17)26-5-4-25-18)9-22-20(24)14-2-1-3-16(8-14)27-10-15-11-28-12-23-15/h1-3,6-8,11-12H,4-5,9-10H2,(H,22,24). The number of benzene rings is 2. The number of nitrogens with one attached hydrogen (secondary N) is 1. The van der Waals surface area contributed by atoms with E-state index in [-0.39, 0.29) is 5.91 Å². The highest BCUT2D eigenvalue weighted by molar-refractivity contribution is 7.07. The van der Waals surface area contributed by atoms with E-state index in [1.807, 2.05) is 17.5 Å². The summed E-state index contributed by atoms with van der Waals surface area (Å²) in [6.45, 7) is 1.64. The average Bonchev–Trinajstić information content (AvgIpc) is 3.24. The van der Waals surface area contributed by atoms with Crippen molar-refractivity contribution < 1.29 is 19.0 Å². The zero-order valence-electron chi connectivity index (χ0n) is 14.8. The highest BCUT2D eigenvalue weighted by atomic mass is 35.5. The number of halogens is 1. The van der Waals surface area contributed by atoms with Crippen LogP contribution in [-0.4, -0.2) is 24.1 Å². The van der Waals surface area contributed by atoms with Crippen molar-refractivity contribution in [2.75, 3.05) is 13.2 Å². The molecule has 0 saturated carbocycles. The Balaban J connectivity index is 1.38. The van der Waals surface area contributed by atoms with Crippen LogP contribution in [0.2, 0.25) is 5.02 Å². The van der Waals surface area contributed by atoms with Gasteiger partial charge in [0.2, 0.25) is 0 Å². The first-order valence-electron chi connectivity index (χ1n) is 8.65. The minimum absolute atomic E-state index is 0.204. The largest absolute Gasteiger partial charge is 0.487 e. The fourth-order valence-electron chi connectivity index (χ4n) is 2.74. The summed E-state index contributed by atoms with van der Waals surface area (Å²) in [6.07, 6.45) is 0. The van der Waals surface area contributed by atoms with Crippen LogP contribution in [0.1, 0.15) is 21.6 Å². The van der Waals surface area contributed by atoms with Gasteiger partial charge in [-0.05, 0) is 35.9 Å². The second kappa shape index (κ2) is 8.50. The molecule has 2 heterocycles. The van der Waals surface area contributed by atoms with Gasteiger partial charge in [0.1, 0.15) is 25.6 Å². The minimum atomic E-state index is -0.204. The van der Waals surface area contributed by atoms with Gasteiger partial charge >= 0.3 is 0 Å². The first-order valence-corrected chi connectivity index (χ1v) is 9.97. The molecule has 1 aliphatic rings. The van der Waals surface area contributed by atoms with Crippen molar-refractivity contribution in [3.8, 4) is 17.2 Å². The van der Waals surface area contributed by atoms with Gasteiger partial charge in [0.05, 0.1) is 16.2 Å². The molecule has 0 unspecified atom stereocenters. The normalized spacial score (nSPS) is 12.5. The van der Waals surface area contributed by atoms with Crippen LogP contribution in [0.5, 0.6) is 17.2 Å². The number of fused-ring (bicyclic) bond motifs is 1. The topological polar surface area (TPSA) is 69.7 Å². The molecule has 0 fully saturated rings. The van der Waals surface area contributed by atoms with E-state index in [1.165, 1.54) is 11.3 Å². The lowest BCUT2D eigenvalue weighted by Gasteiger charge is -2.20. The molecule has 0 radical (unpaired) electrons. The van der Waals surface area contributed by atoms with Crippen molar-refractivity contribution in [3.05, 3.63) is 69.1 Å². The number of hydrogen-bond acceptors (Lipinski definition) is 6. The number of nitrogens with zero attached hydrogens (tertiary/aromatic N) is 1. The van der Waals surface area contributed by atoms with Crippen LogP contribution < -0.4 is 19.5 Å². The smallest absolute Gasteiger partial charge is 0.251 e. The number of hydrogen-bond donors (Lipinski definition) is 1. The van der Waals surface area contributed by atoms with E-state index in [4.69, 9.17) is 25.8 Å². The van der Waals surface area contributed by atoms with Gasteiger partial charge in [0.15, 0.2) is 11.5 Å². The molecule has 28 heavy (non-hydrogen) atoms. The summed E-state index contributed by atoms with van der Waals surface area (Å²) < 4.78 is 16.8. The van der Waals surface area contributed by atoms with Crippen LogP contribution in [0.15, 0.2) is 47.3 Å². The van der Waals surface area contributed by atoms with Crippen LogP contribution in [0, 0.1) is 0 Å². The molecule has 1 amide bonds. The number of ether oxygens (including phenoxy) is 3. The number of rotatable bonds is 6. The van der Waals surface area contributed by atoms with Crippen LogP contribution in [0.3, 0.4) is 0 Å². The van der Waals surface area contributed by atoms with Crippen molar-refractivity contribution in [2.24, 2.45) is 0 Å². The zero-order valence-corrected chi connectivity index (χ0v) is 16.4. The van der Waals surface area contributed by atoms with Gasteiger partial charge in [-0.1, -0.05) is 17.7 Å². The lowest BCUT2D eigenvalue weighted by atomic mass is 10.1. The monoisotopic (exact) mass is 416 g/mol. The molecular weight excluding hydrogens is 400 g/mol. The quantitative estimate of drug-likeness (QED) is 0.655. The van der Waals surface area contributed by atoms with Gasteiger partial charge < -0.3 is 19.5 Å². The fraction of sp³-hybridized carbons (Fsp3) is 0.200. The van der Waals surface area contributed by atoms with E-state index in [0.717, 1.165) is 11.3 Å². The Kier molecular flexibility index (Phi) is 5.64. The summed E-state index contributed by atoms with van der Waals surface area (Å²) in [7, 11) is 0. The van der Waals surface area contributed by atoms with E-state index < -0.39 is 0 Å². The van der Waals surface area contributed by atoms with Gasteiger partial charge in [0.25, 0.3) is 5.91 Å². The third-order valence-corrected chi connectivity index (χ3v) is 4.99. The average molecular weight is 417 g/mol. The van der Waals surface area contributed by atoms with Crippen molar-refractivity contribution in [1.82, 2.24) is 10.3 Å². The number of carbonyl (C=O) groups excluding carboxylic acids is 1. The Labute approximate surface area is 171 Å². The second-order valence-corrected chi connectivity index (χ2v) is 7.21. The maximum absolute atomic E-state index is 12.5. The first-order chi connectivity index (χ1) is 13.7. The van der Waals surface area contributed by atoms with Gasteiger partial charge in [-0.2, -0.15) is 0 Å². The molecule has 0 aliphatic carbocycles. The number of thiazole rings is 1. The molecule has 1 aliphatic heterocycles. The molecule has 0 spiro atoms. The van der Waals surface area contributed by atoms with E-state index in [0.29, 0.717) is 54.2 Å².